The molecule has 29 heavy (non-hydrogen) atoms. The number of carbonyl (C=O) groups excluding carboxylic acids is 1. The molecule has 8 nitrogen and oxygen atoms in total. The van der Waals surface area contributed by atoms with Crippen LogP contribution in [0.4, 0.5) is 10.7 Å². The first kappa shape index (κ1) is 22.3. The van der Waals surface area contributed by atoms with E-state index >= 15 is 0 Å². The van der Waals surface area contributed by atoms with Crippen LogP contribution in [0, 0.1) is 5.92 Å². The highest BCUT2D eigenvalue weighted by Crippen LogP contribution is 2.31. The molecule has 0 aliphatic heterocycles. The third-order valence-electron chi connectivity index (χ3n) is 4.75. The maximum atomic E-state index is 12.3. The number of hydrogen-bond donors (Lipinski definition) is 3. The molecular formula is C21H30N4O4. The summed E-state index contributed by atoms with van der Waals surface area (Å²) in [5.41, 5.74) is 0.575. The number of anilines is 1. The van der Waals surface area contributed by atoms with Crippen molar-refractivity contribution in [1.82, 2.24) is 15.3 Å². The average molecular weight is 402 g/mol. The Hall–Kier alpha value is -3.03. The van der Waals surface area contributed by atoms with Crippen LogP contribution in [-0.4, -0.2) is 36.8 Å². The van der Waals surface area contributed by atoms with Gasteiger partial charge < -0.3 is 14.8 Å². The number of urea groups is 1. The Morgan fingerprint density at radius 2 is 2.00 bits per heavy atom. The highest BCUT2D eigenvalue weighted by atomic mass is 16.5. The third kappa shape index (κ3) is 6.51. The second-order valence-corrected chi connectivity index (χ2v) is 6.80. The lowest BCUT2D eigenvalue weighted by molar-refractivity contribution is 0.249. The van der Waals surface area contributed by atoms with Gasteiger partial charge in [0, 0.05) is 18.2 Å². The highest BCUT2D eigenvalue weighted by Gasteiger charge is 2.13. The zero-order chi connectivity index (χ0) is 21.2. The topological polar surface area (TPSA) is 105 Å². The predicted octanol–water partition coefficient (Wildman–Crippen LogP) is 3.79. The van der Waals surface area contributed by atoms with Crippen molar-refractivity contribution in [1.29, 1.82) is 0 Å². The minimum Gasteiger partial charge on any atom is -0.497 e. The monoisotopic (exact) mass is 402 g/mol. The molecule has 1 aromatic heterocycles. The van der Waals surface area contributed by atoms with Crippen LogP contribution < -0.4 is 25.7 Å². The highest BCUT2D eigenvalue weighted by molar-refractivity contribution is 5.87. The van der Waals surface area contributed by atoms with Crippen molar-refractivity contribution in [2.75, 3.05) is 26.1 Å². The smallest absolute Gasteiger partial charge is 0.321 e. The number of aromatic nitrogens is 2. The zero-order valence-electron chi connectivity index (χ0n) is 17.5. The number of nitrogens with one attached hydrogen (secondary N) is 3. The van der Waals surface area contributed by atoms with E-state index in [0.717, 1.165) is 25.7 Å². The number of H-pyrrole nitrogens is 1. The third-order valence-corrected chi connectivity index (χ3v) is 4.75. The van der Waals surface area contributed by atoms with Gasteiger partial charge in [0.05, 0.1) is 19.9 Å². The minimum atomic E-state index is -0.405. The van der Waals surface area contributed by atoms with Crippen LogP contribution in [0.5, 0.6) is 11.5 Å². The predicted molar refractivity (Wildman–Crippen MR) is 114 cm³/mol. The lowest BCUT2D eigenvalue weighted by Gasteiger charge is -2.15. The summed E-state index contributed by atoms with van der Waals surface area (Å²) in [6.45, 7) is 4.85. The van der Waals surface area contributed by atoms with Crippen LogP contribution >= 0.6 is 0 Å². The standard InChI is InChI=1S/C21H30N4O4/c1-5-7-8-14(6-2)13-22-21(27)25-20-23-17(12-19(26)24-20)16-11-15(28-3)9-10-18(16)29-4/h9-12,14H,5-8,13H2,1-4H3,(H3,22,23,24,25,26,27). The van der Waals surface area contributed by atoms with E-state index in [1.165, 1.54) is 13.2 Å². The number of carbonyl (C=O) groups is 1. The van der Waals surface area contributed by atoms with E-state index in [9.17, 15) is 9.59 Å². The zero-order valence-corrected chi connectivity index (χ0v) is 17.5. The molecule has 0 aliphatic rings. The van der Waals surface area contributed by atoms with Crippen LogP contribution in [0.25, 0.3) is 11.3 Å². The number of hydrogen-bond acceptors (Lipinski definition) is 5. The molecule has 0 bridgehead atoms. The molecule has 158 valence electrons. The van der Waals surface area contributed by atoms with E-state index in [0.29, 0.717) is 35.2 Å². The summed E-state index contributed by atoms with van der Waals surface area (Å²) in [7, 11) is 3.09. The number of methoxy groups -OCH3 is 2. The van der Waals surface area contributed by atoms with Gasteiger partial charge in [0.15, 0.2) is 0 Å². The molecule has 8 heteroatoms. The van der Waals surface area contributed by atoms with Gasteiger partial charge in [0.25, 0.3) is 5.56 Å². The Kier molecular flexibility index (Phi) is 8.51. The molecule has 1 aromatic carbocycles. The molecule has 1 atom stereocenters. The van der Waals surface area contributed by atoms with Gasteiger partial charge in [-0.25, -0.2) is 9.78 Å². The number of unbranched alkanes of at least 4 members (excludes halogenated alkanes) is 1. The minimum absolute atomic E-state index is 0.0662. The van der Waals surface area contributed by atoms with Crippen molar-refractivity contribution in [3.8, 4) is 22.8 Å². The van der Waals surface area contributed by atoms with Crippen LogP contribution in [0.3, 0.4) is 0 Å². The molecule has 0 spiro atoms. The fourth-order valence-corrected chi connectivity index (χ4v) is 3.00. The lowest BCUT2D eigenvalue weighted by atomic mass is 9.99. The van der Waals surface area contributed by atoms with E-state index in [-0.39, 0.29) is 11.5 Å². The number of rotatable bonds is 10. The molecule has 0 fully saturated rings. The van der Waals surface area contributed by atoms with E-state index in [4.69, 9.17) is 9.47 Å². The summed E-state index contributed by atoms with van der Waals surface area (Å²) < 4.78 is 10.6. The Labute approximate surface area is 171 Å². The van der Waals surface area contributed by atoms with Crippen molar-refractivity contribution in [3.63, 3.8) is 0 Å². The van der Waals surface area contributed by atoms with Gasteiger partial charge in [-0.3, -0.25) is 15.1 Å². The van der Waals surface area contributed by atoms with Gasteiger partial charge in [0.2, 0.25) is 5.95 Å². The number of ether oxygens (including phenoxy) is 2. The van der Waals surface area contributed by atoms with Gasteiger partial charge in [-0.15, -0.1) is 0 Å². The molecule has 2 rings (SSSR count). The lowest BCUT2D eigenvalue weighted by Crippen LogP contribution is -2.34. The van der Waals surface area contributed by atoms with Crippen LogP contribution in [0.15, 0.2) is 29.1 Å². The summed E-state index contributed by atoms with van der Waals surface area (Å²) in [5, 5.41) is 5.46. The largest absolute Gasteiger partial charge is 0.497 e. The molecular weight excluding hydrogens is 372 g/mol. The molecule has 0 radical (unpaired) electrons. The molecule has 0 saturated carbocycles. The quantitative estimate of drug-likeness (QED) is 0.561. The molecule has 2 aromatic rings. The number of aromatic amines is 1. The fourth-order valence-electron chi connectivity index (χ4n) is 3.00. The SMILES string of the molecule is CCCCC(CC)CNC(=O)Nc1nc(-c2cc(OC)ccc2OC)cc(=O)[nH]1. The van der Waals surface area contributed by atoms with Crippen LogP contribution in [0.2, 0.25) is 0 Å². The Morgan fingerprint density at radius 3 is 2.66 bits per heavy atom. The van der Waals surface area contributed by atoms with E-state index in [2.05, 4.69) is 34.4 Å². The molecule has 3 N–H and O–H groups in total. The van der Waals surface area contributed by atoms with Crippen molar-refractivity contribution >= 4 is 12.0 Å². The van der Waals surface area contributed by atoms with Gasteiger partial charge in [-0.1, -0.05) is 33.1 Å². The number of amides is 2. The van der Waals surface area contributed by atoms with Crippen molar-refractivity contribution in [3.05, 3.63) is 34.6 Å². The Balaban J connectivity index is 2.15. The Bertz CT molecular complexity index is 866. The van der Waals surface area contributed by atoms with Crippen molar-refractivity contribution in [2.24, 2.45) is 5.92 Å². The number of benzene rings is 1. The summed E-state index contributed by atoms with van der Waals surface area (Å²) in [5.74, 6) is 1.64. The first-order chi connectivity index (χ1) is 14.0. The molecule has 0 saturated heterocycles. The van der Waals surface area contributed by atoms with Crippen molar-refractivity contribution in [2.45, 2.75) is 39.5 Å². The fraction of sp³-hybridized carbons (Fsp3) is 0.476. The normalized spacial score (nSPS) is 11.6. The van der Waals surface area contributed by atoms with Crippen LogP contribution in [-0.2, 0) is 0 Å². The second-order valence-electron chi connectivity index (χ2n) is 6.80. The Morgan fingerprint density at radius 1 is 1.21 bits per heavy atom. The molecule has 0 aliphatic carbocycles. The summed E-state index contributed by atoms with van der Waals surface area (Å²) in [6.07, 6.45) is 4.35. The molecule has 1 unspecified atom stereocenters. The summed E-state index contributed by atoms with van der Waals surface area (Å²) >= 11 is 0. The van der Waals surface area contributed by atoms with E-state index in [1.807, 2.05) is 0 Å². The maximum absolute atomic E-state index is 12.3. The molecule has 1 heterocycles. The summed E-state index contributed by atoms with van der Waals surface area (Å²) in [6, 6.07) is 6.16. The van der Waals surface area contributed by atoms with E-state index < -0.39 is 6.03 Å². The maximum Gasteiger partial charge on any atom is 0.321 e. The first-order valence-electron chi connectivity index (χ1n) is 9.89. The van der Waals surface area contributed by atoms with Gasteiger partial charge >= 0.3 is 6.03 Å². The van der Waals surface area contributed by atoms with Gasteiger partial charge in [-0.2, -0.15) is 0 Å². The number of nitrogens with zero attached hydrogens (tertiary/aromatic N) is 1. The van der Waals surface area contributed by atoms with Crippen LogP contribution in [0.1, 0.15) is 39.5 Å². The van der Waals surface area contributed by atoms with Gasteiger partial charge in [0.1, 0.15) is 11.5 Å². The van der Waals surface area contributed by atoms with E-state index in [1.54, 1.807) is 25.3 Å². The first-order valence-corrected chi connectivity index (χ1v) is 9.89. The summed E-state index contributed by atoms with van der Waals surface area (Å²) in [4.78, 5) is 31.3. The van der Waals surface area contributed by atoms with Crippen molar-refractivity contribution < 1.29 is 14.3 Å². The molecule has 2 amide bonds. The second kappa shape index (κ2) is 11.1. The average Bonchev–Trinajstić information content (AvgIpc) is 2.72. The van der Waals surface area contributed by atoms with Gasteiger partial charge in [-0.05, 0) is 30.5 Å².